The lowest BCUT2D eigenvalue weighted by Gasteiger charge is -2.22. The second kappa shape index (κ2) is 8.59. The van der Waals surface area contributed by atoms with Crippen LogP contribution in [-0.4, -0.2) is 23.0 Å². The third-order valence-corrected chi connectivity index (χ3v) is 5.77. The molecule has 3 aromatic heterocycles. The first kappa shape index (κ1) is 19.4. The molecule has 3 heterocycles. The van der Waals surface area contributed by atoms with Gasteiger partial charge in [-0.25, -0.2) is 4.79 Å². The van der Waals surface area contributed by atoms with E-state index in [0.29, 0.717) is 18.7 Å². The number of aryl methyl sites for hydroxylation is 1. The molecule has 0 aliphatic carbocycles. The number of pyridine rings is 1. The predicted octanol–water partition coefficient (Wildman–Crippen LogP) is 5.19. The van der Waals surface area contributed by atoms with Crippen molar-refractivity contribution in [1.82, 2.24) is 9.88 Å². The molecule has 6 heteroatoms. The van der Waals surface area contributed by atoms with Crippen molar-refractivity contribution in [3.63, 3.8) is 0 Å². The molecule has 1 aromatic carbocycles. The van der Waals surface area contributed by atoms with Crippen LogP contribution in [0, 0.1) is 6.92 Å². The number of esters is 1. The van der Waals surface area contributed by atoms with Gasteiger partial charge >= 0.3 is 5.97 Å². The summed E-state index contributed by atoms with van der Waals surface area (Å²) in [5.41, 5.74) is 3.03. The van der Waals surface area contributed by atoms with Crippen molar-refractivity contribution in [3.8, 4) is 0 Å². The van der Waals surface area contributed by atoms with Gasteiger partial charge in [-0.2, -0.15) is 0 Å². The zero-order valence-corrected chi connectivity index (χ0v) is 17.2. The number of furan rings is 1. The summed E-state index contributed by atoms with van der Waals surface area (Å²) in [6.07, 6.45) is 1.68. The molecule has 0 N–H and O–H groups in total. The van der Waals surface area contributed by atoms with Gasteiger partial charge in [-0.05, 0) is 42.1 Å². The first-order valence-electron chi connectivity index (χ1n) is 9.39. The van der Waals surface area contributed by atoms with Crippen molar-refractivity contribution < 1.29 is 13.9 Å². The zero-order valence-electron chi connectivity index (χ0n) is 16.4. The van der Waals surface area contributed by atoms with Crippen LogP contribution in [-0.2, 0) is 24.4 Å². The molecule has 0 spiro atoms. The third-order valence-electron chi connectivity index (χ3n) is 4.91. The smallest absolute Gasteiger partial charge is 0.340 e. The van der Waals surface area contributed by atoms with E-state index < -0.39 is 0 Å². The van der Waals surface area contributed by atoms with E-state index in [-0.39, 0.29) is 5.97 Å². The second-order valence-corrected chi connectivity index (χ2v) is 7.90. The number of para-hydroxylation sites is 1. The number of ether oxygens (including phenoxy) is 1. The number of hydrogen-bond donors (Lipinski definition) is 0. The molecule has 0 radical (unpaired) electrons. The van der Waals surface area contributed by atoms with Gasteiger partial charge in [0.05, 0.1) is 36.7 Å². The number of fused-ring (bicyclic) bond motifs is 1. The number of aromatic nitrogens is 1. The first-order valence-corrected chi connectivity index (χ1v) is 10.3. The Kier molecular flexibility index (Phi) is 5.74. The minimum Gasteiger partial charge on any atom is -0.468 e. The molecule has 0 aliphatic rings. The molecule has 0 aliphatic heterocycles. The molecule has 29 heavy (non-hydrogen) atoms. The predicted molar refractivity (Wildman–Crippen MR) is 114 cm³/mol. The lowest BCUT2D eigenvalue weighted by molar-refractivity contribution is 0.0596. The Bertz CT molecular complexity index is 1070. The first-order chi connectivity index (χ1) is 14.2. The fraction of sp³-hybridized carbons (Fsp3) is 0.217. The number of benzene rings is 1. The van der Waals surface area contributed by atoms with E-state index in [1.165, 1.54) is 12.0 Å². The van der Waals surface area contributed by atoms with Crippen LogP contribution in [0.3, 0.4) is 0 Å². The highest BCUT2D eigenvalue weighted by molar-refractivity contribution is 7.09. The molecule has 0 fully saturated rings. The second-order valence-electron chi connectivity index (χ2n) is 6.87. The standard InChI is InChI=1S/C23H22N2O3S/c1-16-19-9-3-4-10-20(19)24-21(22(16)23(26)27-2)15-25(13-17-7-5-11-28-17)14-18-8-6-12-29-18/h3-12H,13-15H2,1-2H3. The van der Waals surface area contributed by atoms with Crippen LogP contribution in [0.15, 0.2) is 64.6 Å². The number of hydrogen-bond acceptors (Lipinski definition) is 6. The Morgan fingerprint density at radius 3 is 2.69 bits per heavy atom. The number of nitrogens with zero attached hydrogens (tertiary/aromatic N) is 2. The van der Waals surface area contributed by atoms with Crippen molar-refractivity contribution in [3.05, 3.63) is 87.6 Å². The highest BCUT2D eigenvalue weighted by atomic mass is 32.1. The van der Waals surface area contributed by atoms with E-state index in [1.807, 2.05) is 49.4 Å². The molecule has 0 amide bonds. The average molecular weight is 407 g/mol. The summed E-state index contributed by atoms with van der Waals surface area (Å²) in [5, 5.41) is 3.03. The van der Waals surface area contributed by atoms with Gasteiger partial charge in [-0.1, -0.05) is 24.3 Å². The number of methoxy groups -OCH3 is 1. The van der Waals surface area contributed by atoms with Crippen LogP contribution in [0.25, 0.3) is 10.9 Å². The summed E-state index contributed by atoms with van der Waals surface area (Å²) in [6.45, 7) is 3.83. The van der Waals surface area contributed by atoms with E-state index in [9.17, 15) is 4.79 Å². The average Bonchev–Trinajstić information content (AvgIpc) is 3.42. The number of carbonyl (C=O) groups excluding carboxylic acids is 1. The molecule has 0 atom stereocenters. The molecule has 148 valence electrons. The summed E-state index contributed by atoms with van der Waals surface area (Å²) in [6, 6.07) is 15.9. The highest BCUT2D eigenvalue weighted by Gasteiger charge is 2.22. The van der Waals surface area contributed by atoms with Crippen LogP contribution < -0.4 is 0 Å². The maximum Gasteiger partial charge on any atom is 0.340 e. The third kappa shape index (κ3) is 4.23. The number of rotatable bonds is 7. The Morgan fingerprint density at radius 2 is 1.97 bits per heavy atom. The van der Waals surface area contributed by atoms with Gasteiger partial charge in [0.15, 0.2) is 0 Å². The molecular weight excluding hydrogens is 384 g/mol. The highest BCUT2D eigenvalue weighted by Crippen LogP contribution is 2.26. The van der Waals surface area contributed by atoms with Crippen molar-refractivity contribution in [2.45, 2.75) is 26.6 Å². The molecule has 5 nitrogen and oxygen atoms in total. The number of thiophene rings is 1. The van der Waals surface area contributed by atoms with Crippen molar-refractivity contribution in [1.29, 1.82) is 0 Å². The quantitative estimate of drug-likeness (QED) is 0.396. The molecule has 4 rings (SSSR count). The van der Waals surface area contributed by atoms with Gasteiger partial charge in [0.1, 0.15) is 5.76 Å². The summed E-state index contributed by atoms with van der Waals surface area (Å²) in [5.74, 6) is 0.517. The SMILES string of the molecule is COC(=O)c1c(CN(Cc2ccco2)Cc2cccs2)nc2ccccc2c1C. The lowest BCUT2D eigenvalue weighted by Crippen LogP contribution is -2.24. The molecule has 0 unspecified atom stereocenters. The lowest BCUT2D eigenvalue weighted by atomic mass is 10.0. The molecular formula is C23H22N2O3S. The van der Waals surface area contributed by atoms with Gasteiger partial charge in [0.25, 0.3) is 0 Å². The van der Waals surface area contributed by atoms with E-state index in [2.05, 4.69) is 16.3 Å². The summed E-state index contributed by atoms with van der Waals surface area (Å²) >= 11 is 1.71. The van der Waals surface area contributed by atoms with E-state index in [4.69, 9.17) is 14.1 Å². The van der Waals surface area contributed by atoms with Crippen LogP contribution in [0.4, 0.5) is 0 Å². The maximum absolute atomic E-state index is 12.6. The minimum absolute atomic E-state index is 0.357. The van der Waals surface area contributed by atoms with Crippen LogP contribution in [0.1, 0.15) is 32.3 Å². The molecule has 0 saturated heterocycles. The van der Waals surface area contributed by atoms with Crippen molar-refractivity contribution in [2.24, 2.45) is 0 Å². The molecule has 4 aromatic rings. The summed E-state index contributed by atoms with van der Waals surface area (Å²) in [4.78, 5) is 20.9. The topological polar surface area (TPSA) is 55.6 Å². The van der Waals surface area contributed by atoms with E-state index in [1.54, 1.807) is 17.6 Å². The van der Waals surface area contributed by atoms with Crippen molar-refractivity contribution in [2.75, 3.05) is 7.11 Å². The van der Waals surface area contributed by atoms with Gasteiger partial charge in [0, 0.05) is 23.4 Å². The molecule has 0 bridgehead atoms. The van der Waals surface area contributed by atoms with Crippen molar-refractivity contribution >= 4 is 28.2 Å². The zero-order chi connectivity index (χ0) is 20.2. The van der Waals surface area contributed by atoms with Crippen LogP contribution >= 0.6 is 11.3 Å². The maximum atomic E-state index is 12.6. The van der Waals surface area contributed by atoms with Gasteiger partial charge in [-0.15, -0.1) is 11.3 Å². The Morgan fingerprint density at radius 1 is 1.10 bits per heavy atom. The molecule has 0 saturated carbocycles. The monoisotopic (exact) mass is 406 g/mol. The summed E-state index contributed by atoms with van der Waals surface area (Å²) in [7, 11) is 1.41. The fourth-order valence-electron chi connectivity index (χ4n) is 3.55. The minimum atomic E-state index is -0.357. The van der Waals surface area contributed by atoms with Gasteiger partial charge < -0.3 is 9.15 Å². The van der Waals surface area contributed by atoms with E-state index >= 15 is 0 Å². The van der Waals surface area contributed by atoms with Crippen LogP contribution in [0.5, 0.6) is 0 Å². The van der Waals surface area contributed by atoms with Gasteiger partial charge in [0.2, 0.25) is 0 Å². The Hall–Kier alpha value is -2.96. The number of carbonyl (C=O) groups is 1. The fourth-order valence-corrected chi connectivity index (χ4v) is 4.30. The normalized spacial score (nSPS) is 11.3. The van der Waals surface area contributed by atoms with Gasteiger partial charge in [-0.3, -0.25) is 9.88 Å². The van der Waals surface area contributed by atoms with Crippen LogP contribution in [0.2, 0.25) is 0 Å². The Balaban J connectivity index is 1.74. The Labute approximate surface area is 173 Å². The largest absolute Gasteiger partial charge is 0.468 e. The summed E-state index contributed by atoms with van der Waals surface area (Å²) < 4.78 is 10.6. The van der Waals surface area contributed by atoms with E-state index in [0.717, 1.165) is 34.5 Å².